The topological polar surface area (TPSA) is 47.0 Å². The highest BCUT2D eigenvalue weighted by Gasteiger charge is 2.23. The fourth-order valence-electron chi connectivity index (χ4n) is 0.790. The minimum atomic E-state index is -4.46. The van der Waals surface area contributed by atoms with Gasteiger partial charge in [-0.25, -0.2) is 22.2 Å². The first kappa shape index (κ1) is 12.5. The second-order valence-electron chi connectivity index (χ2n) is 2.40. The Hall–Kier alpha value is -0.530. The Labute approximate surface area is 92.2 Å². The number of halogens is 5. The molecule has 9 heteroatoms. The quantitative estimate of drug-likeness (QED) is 0.618. The van der Waals surface area contributed by atoms with Gasteiger partial charge in [-0.05, 0) is 6.07 Å². The lowest BCUT2D eigenvalue weighted by molar-refractivity contribution is 0.150. The van der Waals surface area contributed by atoms with Crippen molar-refractivity contribution in [1.82, 2.24) is 4.98 Å². The molecular weight excluding hydrogens is 278 g/mol. The molecule has 0 N–H and O–H groups in total. The summed E-state index contributed by atoms with van der Waals surface area (Å²) in [4.78, 5) is 1.69. The smallest absolute Gasteiger partial charge is 0.207 e. The summed E-state index contributed by atoms with van der Waals surface area (Å²) in [5.74, 6) is -1.51. The highest BCUT2D eigenvalue weighted by molar-refractivity contribution is 8.13. The lowest BCUT2D eigenvalue weighted by Gasteiger charge is -2.04. The van der Waals surface area contributed by atoms with Crippen LogP contribution in [0.3, 0.4) is 0 Å². The highest BCUT2D eigenvalue weighted by Crippen LogP contribution is 2.29. The molecule has 0 amide bonds. The molecule has 3 nitrogen and oxygen atoms in total. The Morgan fingerprint density at radius 2 is 1.93 bits per heavy atom. The predicted molar refractivity (Wildman–Crippen MR) is 47.2 cm³/mol. The van der Waals surface area contributed by atoms with Gasteiger partial charge < -0.3 is 0 Å². The number of aromatic nitrogens is 1. The van der Waals surface area contributed by atoms with Crippen LogP contribution in [0.5, 0.6) is 0 Å². The van der Waals surface area contributed by atoms with Crippen LogP contribution < -0.4 is 0 Å². The number of hydrogen-bond acceptors (Lipinski definition) is 3. The molecule has 0 saturated carbocycles. The summed E-state index contributed by atoms with van der Waals surface area (Å²) in [6.07, 6.45) is -3.07. The molecule has 0 aromatic carbocycles. The van der Waals surface area contributed by atoms with Crippen molar-refractivity contribution in [3.05, 3.63) is 22.7 Å². The maximum absolute atomic E-state index is 12.9. The van der Waals surface area contributed by atoms with Crippen LogP contribution in [-0.2, 0) is 9.05 Å². The maximum atomic E-state index is 12.9. The second-order valence-corrected chi connectivity index (χ2v) is 5.29. The van der Waals surface area contributed by atoms with Crippen molar-refractivity contribution in [2.75, 3.05) is 0 Å². The molecule has 0 aliphatic carbocycles. The molecular formula is C6H2Cl2F3NO2S. The standard InChI is InChI=1S/C6H2Cl2F3NO2S/c7-4-2(5(9)10)1-3(6(11)12-4)15(8,13)14/h1,5H. The molecule has 1 aromatic rings. The van der Waals surface area contributed by atoms with E-state index >= 15 is 0 Å². The van der Waals surface area contributed by atoms with Crippen molar-refractivity contribution in [3.8, 4) is 0 Å². The third-order valence-electron chi connectivity index (χ3n) is 1.42. The third kappa shape index (κ3) is 2.73. The van der Waals surface area contributed by atoms with Gasteiger partial charge in [-0.1, -0.05) is 11.6 Å². The number of nitrogens with zero attached hydrogens (tertiary/aromatic N) is 1. The summed E-state index contributed by atoms with van der Waals surface area (Å²) >= 11 is 5.18. The minimum absolute atomic E-state index is 0.359. The van der Waals surface area contributed by atoms with Crippen molar-refractivity contribution >= 4 is 31.3 Å². The molecule has 0 aliphatic rings. The molecule has 0 fully saturated rings. The largest absolute Gasteiger partial charge is 0.266 e. The number of alkyl halides is 2. The average molecular weight is 280 g/mol. The van der Waals surface area contributed by atoms with Crippen molar-refractivity contribution in [2.45, 2.75) is 11.3 Å². The van der Waals surface area contributed by atoms with Crippen LogP contribution in [0.25, 0.3) is 0 Å². The Morgan fingerprint density at radius 3 is 2.33 bits per heavy atom. The maximum Gasteiger partial charge on any atom is 0.266 e. The third-order valence-corrected chi connectivity index (χ3v) is 3.04. The Bertz CT molecular complexity index is 491. The Kier molecular flexibility index (Phi) is 3.47. The van der Waals surface area contributed by atoms with E-state index in [-0.39, 0.29) is 0 Å². The Balaban J connectivity index is 3.50. The first-order valence-electron chi connectivity index (χ1n) is 3.32. The van der Waals surface area contributed by atoms with E-state index in [1.807, 2.05) is 0 Å². The van der Waals surface area contributed by atoms with Crippen molar-refractivity contribution in [3.63, 3.8) is 0 Å². The molecule has 1 heterocycles. The van der Waals surface area contributed by atoms with E-state index in [9.17, 15) is 21.6 Å². The zero-order chi connectivity index (χ0) is 11.8. The van der Waals surface area contributed by atoms with E-state index in [1.165, 1.54) is 0 Å². The fourth-order valence-corrected chi connectivity index (χ4v) is 1.84. The van der Waals surface area contributed by atoms with Crippen molar-refractivity contribution in [2.24, 2.45) is 0 Å². The Morgan fingerprint density at radius 1 is 1.40 bits per heavy atom. The minimum Gasteiger partial charge on any atom is -0.207 e. The zero-order valence-corrected chi connectivity index (χ0v) is 9.04. The van der Waals surface area contributed by atoms with E-state index in [0.717, 1.165) is 0 Å². The summed E-state index contributed by atoms with van der Waals surface area (Å²) in [5.41, 5.74) is -0.891. The molecule has 0 bridgehead atoms. The molecule has 0 aliphatic heterocycles. The molecule has 84 valence electrons. The lowest BCUT2D eigenvalue weighted by atomic mass is 10.3. The number of hydrogen-bond donors (Lipinski definition) is 0. The zero-order valence-electron chi connectivity index (χ0n) is 6.72. The van der Waals surface area contributed by atoms with Crippen LogP contribution in [-0.4, -0.2) is 13.4 Å². The molecule has 0 spiro atoms. The fraction of sp³-hybridized carbons (Fsp3) is 0.167. The highest BCUT2D eigenvalue weighted by atomic mass is 35.7. The van der Waals surface area contributed by atoms with Gasteiger partial charge in [0.25, 0.3) is 15.5 Å². The van der Waals surface area contributed by atoms with Gasteiger partial charge >= 0.3 is 0 Å². The van der Waals surface area contributed by atoms with Gasteiger partial charge in [0, 0.05) is 10.7 Å². The molecule has 0 radical (unpaired) electrons. The van der Waals surface area contributed by atoms with E-state index in [0.29, 0.717) is 6.07 Å². The van der Waals surface area contributed by atoms with Crippen LogP contribution in [0.4, 0.5) is 13.2 Å². The summed E-state index contributed by atoms with van der Waals surface area (Å²) < 4.78 is 58.8. The van der Waals surface area contributed by atoms with E-state index < -0.39 is 37.0 Å². The normalized spacial score (nSPS) is 12.1. The summed E-state index contributed by atoms with van der Waals surface area (Å²) in [6.45, 7) is 0. The molecule has 0 saturated heterocycles. The SMILES string of the molecule is O=S(=O)(Cl)c1cc(C(F)F)c(Cl)nc1F. The molecule has 0 unspecified atom stereocenters. The lowest BCUT2D eigenvalue weighted by Crippen LogP contribution is -2.02. The van der Waals surface area contributed by atoms with Crippen molar-refractivity contribution < 1.29 is 21.6 Å². The van der Waals surface area contributed by atoms with Gasteiger partial charge in [-0.3, -0.25) is 0 Å². The second kappa shape index (κ2) is 4.15. The molecule has 1 rings (SSSR count). The molecule has 0 atom stereocenters. The van der Waals surface area contributed by atoms with Crippen LogP contribution in [0, 0.1) is 5.95 Å². The van der Waals surface area contributed by atoms with Crippen LogP contribution >= 0.6 is 22.3 Å². The van der Waals surface area contributed by atoms with Gasteiger partial charge in [0.15, 0.2) is 0 Å². The van der Waals surface area contributed by atoms with Crippen LogP contribution in [0.2, 0.25) is 5.15 Å². The van der Waals surface area contributed by atoms with E-state index in [2.05, 4.69) is 4.98 Å². The monoisotopic (exact) mass is 279 g/mol. The predicted octanol–water partition coefficient (Wildman–Crippen LogP) is 2.74. The number of pyridine rings is 1. The number of rotatable bonds is 2. The first-order chi connectivity index (χ1) is 6.73. The van der Waals surface area contributed by atoms with Gasteiger partial charge in [-0.15, -0.1) is 0 Å². The van der Waals surface area contributed by atoms with Gasteiger partial charge in [0.1, 0.15) is 10.0 Å². The summed E-state index contributed by atoms with van der Waals surface area (Å²) in [5, 5.41) is -0.799. The van der Waals surface area contributed by atoms with E-state index in [4.69, 9.17) is 22.3 Å². The first-order valence-corrected chi connectivity index (χ1v) is 6.01. The molecule has 15 heavy (non-hydrogen) atoms. The average Bonchev–Trinajstić information content (AvgIpc) is 2.00. The van der Waals surface area contributed by atoms with Gasteiger partial charge in [0.05, 0.1) is 5.56 Å². The van der Waals surface area contributed by atoms with Crippen LogP contribution in [0.1, 0.15) is 12.0 Å². The van der Waals surface area contributed by atoms with Gasteiger partial charge in [0.2, 0.25) is 5.95 Å². The molecule has 1 aromatic heterocycles. The summed E-state index contributed by atoms with van der Waals surface area (Å²) in [6, 6.07) is 0.359. The van der Waals surface area contributed by atoms with Gasteiger partial charge in [-0.2, -0.15) is 4.39 Å². The van der Waals surface area contributed by atoms with E-state index in [1.54, 1.807) is 0 Å². The summed E-state index contributed by atoms with van der Waals surface area (Å²) in [7, 11) is 0.334. The van der Waals surface area contributed by atoms with Crippen LogP contribution in [0.15, 0.2) is 11.0 Å². The van der Waals surface area contributed by atoms with Crippen molar-refractivity contribution in [1.29, 1.82) is 0 Å².